The maximum atomic E-state index is 6.65. The van der Waals surface area contributed by atoms with Crippen molar-refractivity contribution >= 4 is 50.1 Å². The molecule has 2 rings (SSSR count). The molecule has 0 N–H and O–H groups in total. The van der Waals surface area contributed by atoms with Gasteiger partial charge in [0.25, 0.3) is 0 Å². The first-order chi connectivity index (χ1) is 8.50. The summed E-state index contributed by atoms with van der Waals surface area (Å²) in [5.74, 6) is 0. The average molecular weight is 436 g/mol. The van der Waals surface area contributed by atoms with Gasteiger partial charge in [0.2, 0.25) is 0 Å². The molecule has 0 saturated carbocycles. The van der Waals surface area contributed by atoms with Crippen molar-refractivity contribution in [2.45, 2.75) is 19.2 Å². The minimum Gasteiger partial charge on any atom is -0.113 e. The molecular formula is C15H13BrClI. The summed E-state index contributed by atoms with van der Waals surface area (Å²) in [7, 11) is 0. The van der Waals surface area contributed by atoms with E-state index in [-0.39, 0.29) is 5.38 Å². The Morgan fingerprint density at radius 3 is 2.39 bits per heavy atom. The molecule has 0 radical (unpaired) electrons. The summed E-state index contributed by atoms with van der Waals surface area (Å²) in [6, 6.07) is 12.6. The summed E-state index contributed by atoms with van der Waals surface area (Å²) in [6.45, 7) is 4.19. The Hall–Kier alpha value is -0.0600. The molecule has 0 saturated heterocycles. The quantitative estimate of drug-likeness (QED) is 0.401. The van der Waals surface area contributed by atoms with Crippen molar-refractivity contribution < 1.29 is 0 Å². The van der Waals surface area contributed by atoms with Crippen molar-refractivity contribution in [2.75, 3.05) is 0 Å². The van der Waals surface area contributed by atoms with Crippen LogP contribution in [-0.4, -0.2) is 0 Å². The number of hydrogen-bond donors (Lipinski definition) is 0. The lowest BCUT2D eigenvalue weighted by atomic mass is 9.98. The largest absolute Gasteiger partial charge is 0.113 e. The molecule has 94 valence electrons. The molecule has 0 spiro atoms. The summed E-state index contributed by atoms with van der Waals surface area (Å²) in [4.78, 5) is 0. The number of benzene rings is 2. The number of aryl methyl sites for hydroxylation is 2. The molecule has 0 aliphatic carbocycles. The zero-order valence-corrected chi connectivity index (χ0v) is 14.7. The molecule has 0 heterocycles. The number of rotatable bonds is 2. The molecule has 0 bridgehead atoms. The second-order valence-corrected chi connectivity index (χ2v) is 6.80. The maximum Gasteiger partial charge on any atom is 0.0848 e. The zero-order valence-electron chi connectivity index (χ0n) is 10.2. The molecule has 0 aromatic heterocycles. The molecule has 0 nitrogen and oxygen atoms in total. The van der Waals surface area contributed by atoms with Crippen molar-refractivity contribution in [1.29, 1.82) is 0 Å². The van der Waals surface area contributed by atoms with E-state index in [0.29, 0.717) is 0 Å². The zero-order chi connectivity index (χ0) is 13.3. The van der Waals surface area contributed by atoms with E-state index in [9.17, 15) is 0 Å². The van der Waals surface area contributed by atoms with E-state index in [1.807, 2.05) is 12.1 Å². The lowest BCUT2D eigenvalue weighted by Gasteiger charge is -2.16. The Labute approximate surface area is 135 Å². The smallest absolute Gasteiger partial charge is 0.0848 e. The molecule has 0 aliphatic rings. The lowest BCUT2D eigenvalue weighted by molar-refractivity contribution is 1.09. The molecule has 1 unspecified atom stereocenters. The van der Waals surface area contributed by atoms with Gasteiger partial charge in [0, 0.05) is 8.04 Å². The first-order valence-electron chi connectivity index (χ1n) is 5.66. The van der Waals surface area contributed by atoms with Gasteiger partial charge in [-0.25, -0.2) is 0 Å². The van der Waals surface area contributed by atoms with Crippen LogP contribution in [0.15, 0.2) is 40.9 Å². The van der Waals surface area contributed by atoms with Crippen LogP contribution >= 0.6 is 50.1 Å². The van der Waals surface area contributed by atoms with Gasteiger partial charge in [-0.3, -0.25) is 0 Å². The van der Waals surface area contributed by atoms with Gasteiger partial charge in [-0.05, 0) is 70.8 Å². The number of halogens is 3. The van der Waals surface area contributed by atoms with Gasteiger partial charge in [-0.1, -0.05) is 40.2 Å². The molecule has 2 aromatic rings. The Kier molecular flexibility index (Phi) is 4.73. The summed E-state index contributed by atoms with van der Waals surface area (Å²) in [5, 5.41) is -0.0927. The van der Waals surface area contributed by atoms with Crippen LogP contribution in [0, 0.1) is 17.4 Å². The van der Waals surface area contributed by atoms with Gasteiger partial charge in [0.1, 0.15) is 0 Å². The summed E-state index contributed by atoms with van der Waals surface area (Å²) < 4.78 is 2.34. The minimum atomic E-state index is -0.0927. The van der Waals surface area contributed by atoms with E-state index in [0.717, 1.165) is 4.47 Å². The number of hydrogen-bond acceptors (Lipinski definition) is 0. The highest BCUT2D eigenvalue weighted by molar-refractivity contribution is 14.1. The fourth-order valence-corrected chi connectivity index (χ4v) is 3.69. The summed E-state index contributed by atoms with van der Waals surface area (Å²) in [6.07, 6.45) is 0. The highest BCUT2D eigenvalue weighted by Crippen LogP contribution is 2.35. The predicted octanol–water partition coefficient (Wildman–Crippen LogP) is 6.00. The SMILES string of the molecule is Cc1cc(C(Cl)c2ccccc2I)c(C)cc1Br. The minimum absolute atomic E-state index is 0.0927. The van der Waals surface area contributed by atoms with Crippen LogP contribution in [0.1, 0.15) is 27.6 Å². The van der Waals surface area contributed by atoms with Gasteiger partial charge >= 0.3 is 0 Å². The van der Waals surface area contributed by atoms with Crippen molar-refractivity contribution in [2.24, 2.45) is 0 Å². The average Bonchev–Trinajstić information content (AvgIpc) is 2.33. The lowest BCUT2D eigenvalue weighted by Crippen LogP contribution is -1.99. The summed E-state index contributed by atoms with van der Waals surface area (Å²) in [5.41, 5.74) is 4.78. The van der Waals surface area contributed by atoms with Crippen molar-refractivity contribution in [1.82, 2.24) is 0 Å². The van der Waals surface area contributed by atoms with Crippen LogP contribution in [0.3, 0.4) is 0 Å². The fourth-order valence-electron chi connectivity index (χ4n) is 1.92. The van der Waals surface area contributed by atoms with E-state index in [1.54, 1.807) is 0 Å². The molecule has 0 aliphatic heterocycles. The van der Waals surface area contributed by atoms with Gasteiger partial charge in [0.05, 0.1) is 5.38 Å². The van der Waals surface area contributed by atoms with Crippen LogP contribution in [0.4, 0.5) is 0 Å². The van der Waals surface area contributed by atoms with Crippen LogP contribution in [0.25, 0.3) is 0 Å². The topological polar surface area (TPSA) is 0 Å². The normalized spacial score (nSPS) is 12.5. The third-order valence-electron chi connectivity index (χ3n) is 3.00. The van der Waals surface area contributed by atoms with Crippen molar-refractivity contribution in [3.63, 3.8) is 0 Å². The third kappa shape index (κ3) is 2.91. The molecule has 0 amide bonds. The third-order valence-corrected chi connectivity index (χ3v) is 5.31. The fraction of sp³-hybridized carbons (Fsp3) is 0.200. The Morgan fingerprint density at radius 2 is 1.72 bits per heavy atom. The van der Waals surface area contributed by atoms with Gasteiger partial charge in [0.15, 0.2) is 0 Å². The van der Waals surface area contributed by atoms with Crippen molar-refractivity contribution in [3.05, 3.63) is 66.7 Å². The number of alkyl halides is 1. The van der Waals surface area contributed by atoms with Crippen LogP contribution < -0.4 is 0 Å². The molecule has 18 heavy (non-hydrogen) atoms. The van der Waals surface area contributed by atoms with E-state index in [2.05, 4.69) is 76.6 Å². The van der Waals surface area contributed by atoms with Gasteiger partial charge < -0.3 is 0 Å². The standard InChI is InChI=1S/C15H13BrClI/c1-9-8-13(16)10(2)7-12(9)15(17)11-5-3-4-6-14(11)18/h3-8,15H,1-2H3. The predicted molar refractivity (Wildman–Crippen MR) is 90.5 cm³/mol. The highest BCUT2D eigenvalue weighted by atomic mass is 127. The van der Waals surface area contributed by atoms with Crippen LogP contribution in [-0.2, 0) is 0 Å². The molecule has 3 heteroatoms. The Bertz CT molecular complexity index is 581. The monoisotopic (exact) mass is 434 g/mol. The van der Waals surface area contributed by atoms with Gasteiger partial charge in [-0.15, -0.1) is 11.6 Å². The van der Waals surface area contributed by atoms with Gasteiger partial charge in [-0.2, -0.15) is 0 Å². The first-order valence-corrected chi connectivity index (χ1v) is 7.96. The van der Waals surface area contributed by atoms with E-state index < -0.39 is 0 Å². The molecular weight excluding hydrogens is 422 g/mol. The van der Waals surface area contributed by atoms with Crippen LogP contribution in [0.2, 0.25) is 0 Å². The second-order valence-electron chi connectivity index (χ2n) is 4.34. The highest BCUT2D eigenvalue weighted by Gasteiger charge is 2.16. The molecule has 0 fully saturated rings. The van der Waals surface area contributed by atoms with E-state index in [1.165, 1.54) is 25.8 Å². The van der Waals surface area contributed by atoms with E-state index in [4.69, 9.17) is 11.6 Å². The molecule has 1 atom stereocenters. The Balaban J connectivity index is 2.50. The van der Waals surface area contributed by atoms with Crippen molar-refractivity contribution in [3.8, 4) is 0 Å². The Morgan fingerprint density at radius 1 is 1.06 bits per heavy atom. The second kappa shape index (κ2) is 5.93. The van der Waals surface area contributed by atoms with E-state index >= 15 is 0 Å². The first kappa shape index (κ1) is 14.4. The summed E-state index contributed by atoms with van der Waals surface area (Å²) >= 11 is 12.5. The molecule has 2 aromatic carbocycles. The van der Waals surface area contributed by atoms with Crippen LogP contribution in [0.5, 0.6) is 0 Å². The maximum absolute atomic E-state index is 6.65.